The Balaban J connectivity index is 1.16. The Morgan fingerprint density at radius 2 is 0.825 bits per heavy atom. The maximum Gasteiger partial charge on any atom is 0.143 e. The van der Waals surface area contributed by atoms with Gasteiger partial charge >= 0.3 is 0 Å². The van der Waals surface area contributed by atoms with Crippen LogP contribution in [0.4, 0.5) is 17.1 Å². The average molecular weight is 726 g/mol. The topological polar surface area (TPSA) is 16.4 Å². The van der Waals surface area contributed by atoms with Gasteiger partial charge < -0.3 is 9.32 Å². The van der Waals surface area contributed by atoms with E-state index in [0.717, 1.165) is 55.7 Å². The number of rotatable bonds is 5. The Hall–Kier alpha value is -7.42. The van der Waals surface area contributed by atoms with Crippen molar-refractivity contribution < 1.29 is 4.42 Å². The van der Waals surface area contributed by atoms with E-state index in [0.29, 0.717) is 0 Å². The zero-order valence-electron chi connectivity index (χ0n) is 31.1. The molecule has 0 unspecified atom stereocenters. The third-order valence-corrected chi connectivity index (χ3v) is 12.3. The van der Waals surface area contributed by atoms with Gasteiger partial charge in [0, 0.05) is 33.2 Å². The highest BCUT2D eigenvalue weighted by molar-refractivity contribution is 6.11. The maximum atomic E-state index is 6.68. The molecule has 0 aliphatic heterocycles. The maximum absolute atomic E-state index is 6.68. The molecule has 2 nitrogen and oxygen atoms in total. The lowest BCUT2D eigenvalue weighted by Crippen LogP contribution is -2.26. The van der Waals surface area contributed by atoms with Crippen molar-refractivity contribution >= 4 is 39.0 Å². The van der Waals surface area contributed by atoms with E-state index in [2.05, 4.69) is 211 Å². The molecule has 2 aliphatic carbocycles. The summed E-state index contributed by atoms with van der Waals surface area (Å²) < 4.78 is 6.68. The van der Waals surface area contributed by atoms with Gasteiger partial charge in [-0.05, 0) is 80.4 Å². The molecule has 0 radical (unpaired) electrons. The Morgan fingerprint density at radius 1 is 0.333 bits per heavy atom. The molecule has 10 aromatic rings. The molecule has 1 spiro atoms. The van der Waals surface area contributed by atoms with Crippen LogP contribution in [-0.2, 0) is 5.41 Å². The van der Waals surface area contributed by atoms with E-state index in [1.807, 2.05) is 6.07 Å². The highest BCUT2D eigenvalue weighted by Gasteiger charge is 2.51. The number of anilines is 3. The summed E-state index contributed by atoms with van der Waals surface area (Å²) in [6.45, 7) is 0. The van der Waals surface area contributed by atoms with Gasteiger partial charge in [0.2, 0.25) is 0 Å². The van der Waals surface area contributed by atoms with E-state index < -0.39 is 5.41 Å². The summed E-state index contributed by atoms with van der Waals surface area (Å²) in [5.74, 6) is 0. The summed E-state index contributed by atoms with van der Waals surface area (Å²) in [5, 5.41) is 2.24. The van der Waals surface area contributed by atoms with E-state index in [-0.39, 0.29) is 0 Å². The molecule has 0 amide bonds. The fraction of sp³-hybridized carbons (Fsp3) is 0.0182. The molecule has 0 bridgehead atoms. The Kier molecular flexibility index (Phi) is 6.88. The lowest BCUT2D eigenvalue weighted by molar-refractivity contribution is 0.670. The normalized spacial score (nSPS) is 13.1. The first-order valence-electron chi connectivity index (χ1n) is 19.7. The smallest absolute Gasteiger partial charge is 0.143 e. The minimum Gasteiger partial charge on any atom is -0.455 e. The van der Waals surface area contributed by atoms with Gasteiger partial charge in [-0.25, -0.2) is 0 Å². The lowest BCUT2D eigenvalue weighted by atomic mass is 9.70. The van der Waals surface area contributed by atoms with Gasteiger partial charge in [0.25, 0.3) is 0 Å². The molecule has 2 heteroatoms. The van der Waals surface area contributed by atoms with E-state index in [1.54, 1.807) is 0 Å². The molecule has 57 heavy (non-hydrogen) atoms. The molecule has 0 saturated carbocycles. The second-order valence-electron chi connectivity index (χ2n) is 15.1. The molecule has 266 valence electrons. The van der Waals surface area contributed by atoms with Crippen LogP contribution in [0.2, 0.25) is 0 Å². The van der Waals surface area contributed by atoms with Gasteiger partial charge in [0.05, 0.1) is 16.8 Å². The largest absolute Gasteiger partial charge is 0.455 e. The number of furan rings is 1. The minimum atomic E-state index is -0.459. The summed E-state index contributed by atoms with van der Waals surface area (Å²) in [6.07, 6.45) is 0. The molecular weight excluding hydrogens is 691 g/mol. The van der Waals surface area contributed by atoms with E-state index in [9.17, 15) is 0 Å². The highest BCUT2D eigenvalue weighted by atomic mass is 16.3. The SMILES string of the molecule is c1ccc(-c2ccccc2N(c2ccc3c(c2)C2(c4ccccc4-c4ccccc42)c2ccccc2-3)c2ccccc2-c2cccc3c2oc2ccccc23)cc1. The van der Waals surface area contributed by atoms with Gasteiger partial charge in [0.1, 0.15) is 11.2 Å². The highest BCUT2D eigenvalue weighted by Crippen LogP contribution is 2.63. The number of benzene rings is 9. The van der Waals surface area contributed by atoms with Crippen molar-refractivity contribution in [3.05, 3.63) is 235 Å². The van der Waals surface area contributed by atoms with Crippen molar-refractivity contribution in [3.8, 4) is 44.5 Å². The van der Waals surface area contributed by atoms with E-state index in [4.69, 9.17) is 4.42 Å². The molecule has 0 fully saturated rings. The molecule has 1 heterocycles. The van der Waals surface area contributed by atoms with Crippen LogP contribution in [0.25, 0.3) is 66.4 Å². The monoisotopic (exact) mass is 725 g/mol. The number of para-hydroxylation sites is 4. The molecule has 0 atom stereocenters. The Morgan fingerprint density at radius 3 is 1.51 bits per heavy atom. The Bertz CT molecular complexity index is 3140. The zero-order chi connectivity index (χ0) is 37.5. The van der Waals surface area contributed by atoms with Crippen LogP contribution in [0.5, 0.6) is 0 Å². The molecule has 2 aliphatic rings. The molecule has 1 aromatic heterocycles. The zero-order valence-corrected chi connectivity index (χ0v) is 31.1. The van der Waals surface area contributed by atoms with Crippen molar-refractivity contribution in [2.75, 3.05) is 4.90 Å². The van der Waals surface area contributed by atoms with Gasteiger partial charge in [0.15, 0.2) is 0 Å². The van der Waals surface area contributed by atoms with Crippen LogP contribution in [0.1, 0.15) is 22.3 Å². The number of hydrogen-bond donors (Lipinski definition) is 0. The second kappa shape index (κ2) is 12.3. The summed E-state index contributed by atoms with van der Waals surface area (Å²) in [6, 6.07) is 77.5. The average Bonchev–Trinajstić information content (AvgIpc) is 3.91. The number of nitrogens with zero attached hydrogens (tertiary/aromatic N) is 1. The first kappa shape index (κ1) is 31.9. The van der Waals surface area contributed by atoms with Crippen LogP contribution < -0.4 is 4.90 Å². The minimum absolute atomic E-state index is 0.459. The summed E-state index contributed by atoms with van der Waals surface area (Å²) in [4.78, 5) is 2.48. The molecule has 9 aromatic carbocycles. The van der Waals surface area contributed by atoms with Crippen molar-refractivity contribution in [1.29, 1.82) is 0 Å². The summed E-state index contributed by atoms with van der Waals surface area (Å²) >= 11 is 0. The van der Waals surface area contributed by atoms with Crippen molar-refractivity contribution in [2.45, 2.75) is 5.41 Å². The predicted molar refractivity (Wildman–Crippen MR) is 236 cm³/mol. The van der Waals surface area contributed by atoms with Gasteiger partial charge in [-0.1, -0.05) is 182 Å². The predicted octanol–water partition coefficient (Wildman–Crippen LogP) is 14.7. The summed E-state index contributed by atoms with van der Waals surface area (Å²) in [7, 11) is 0. The third-order valence-electron chi connectivity index (χ3n) is 12.3. The third kappa shape index (κ3) is 4.47. The summed E-state index contributed by atoms with van der Waals surface area (Å²) in [5.41, 5.74) is 19.6. The number of hydrogen-bond acceptors (Lipinski definition) is 2. The van der Waals surface area contributed by atoms with E-state index in [1.165, 1.54) is 50.1 Å². The van der Waals surface area contributed by atoms with Gasteiger partial charge in [-0.15, -0.1) is 0 Å². The van der Waals surface area contributed by atoms with Crippen LogP contribution >= 0.6 is 0 Å². The van der Waals surface area contributed by atoms with Gasteiger partial charge in [-0.2, -0.15) is 0 Å². The number of fused-ring (bicyclic) bond motifs is 13. The standard InChI is InChI=1S/C55H35NO/c1-2-17-36(18-3-1)38-19-7-13-30-51(38)56(52-31-14-8-23-43(52)45-25-16-26-46-44-24-9-15-32-53(44)57-54(45)46)37-33-34-42-41-22-6-12-29-49(41)55(50(42)35-37)47-27-10-4-20-39(47)40-21-5-11-28-48(40)55/h1-35H. The molecule has 12 rings (SSSR count). The van der Waals surface area contributed by atoms with Crippen LogP contribution in [0, 0.1) is 0 Å². The molecular formula is C55H35NO. The Labute approximate surface area is 331 Å². The van der Waals surface area contributed by atoms with E-state index >= 15 is 0 Å². The van der Waals surface area contributed by atoms with Crippen LogP contribution in [0.3, 0.4) is 0 Å². The fourth-order valence-electron chi connectivity index (χ4n) is 10.0. The van der Waals surface area contributed by atoms with Gasteiger partial charge in [-0.3, -0.25) is 0 Å². The van der Waals surface area contributed by atoms with Crippen LogP contribution in [0.15, 0.2) is 217 Å². The second-order valence-corrected chi connectivity index (χ2v) is 15.1. The van der Waals surface area contributed by atoms with Crippen molar-refractivity contribution in [1.82, 2.24) is 0 Å². The first-order valence-corrected chi connectivity index (χ1v) is 19.7. The molecule has 0 saturated heterocycles. The first-order chi connectivity index (χ1) is 28.3. The van der Waals surface area contributed by atoms with Crippen molar-refractivity contribution in [3.63, 3.8) is 0 Å². The fourth-order valence-corrected chi connectivity index (χ4v) is 10.0. The quantitative estimate of drug-likeness (QED) is 0.176. The van der Waals surface area contributed by atoms with Crippen molar-refractivity contribution in [2.24, 2.45) is 0 Å². The van der Waals surface area contributed by atoms with Crippen LogP contribution in [-0.4, -0.2) is 0 Å². The lowest BCUT2D eigenvalue weighted by Gasteiger charge is -2.33. The molecule has 0 N–H and O–H groups in total.